The van der Waals surface area contributed by atoms with Crippen LogP contribution in [0.5, 0.6) is 0 Å². The second kappa shape index (κ2) is 4.00. The van der Waals surface area contributed by atoms with E-state index in [1.807, 2.05) is 4.68 Å². The molecule has 0 unspecified atom stereocenters. The molecule has 0 aromatic carbocycles. The van der Waals surface area contributed by atoms with Crippen LogP contribution in [0.3, 0.4) is 0 Å². The number of hydrogen-bond acceptors (Lipinski definition) is 3. The highest BCUT2D eigenvalue weighted by Crippen LogP contribution is 2.33. The van der Waals surface area contributed by atoms with Crippen molar-refractivity contribution in [2.24, 2.45) is 11.7 Å². The zero-order chi connectivity index (χ0) is 10.8. The molecule has 2 rings (SSSR count). The van der Waals surface area contributed by atoms with Crippen LogP contribution < -0.4 is 5.73 Å². The fourth-order valence-electron chi connectivity index (χ4n) is 1.71. The van der Waals surface area contributed by atoms with E-state index in [0.29, 0.717) is 11.6 Å². The molecule has 1 aromatic heterocycles. The number of primary amides is 1. The molecular formula is C10H16N4O. The summed E-state index contributed by atoms with van der Waals surface area (Å²) >= 11 is 0. The van der Waals surface area contributed by atoms with E-state index in [2.05, 4.69) is 17.2 Å². The van der Waals surface area contributed by atoms with E-state index in [4.69, 9.17) is 5.73 Å². The van der Waals surface area contributed by atoms with Gasteiger partial charge in [0.15, 0.2) is 5.69 Å². The van der Waals surface area contributed by atoms with Gasteiger partial charge < -0.3 is 5.73 Å². The van der Waals surface area contributed by atoms with Gasteiger partial charge in [-0.05, 0) is 31.6 Å². The summed E-state index contributed by atoms with van der Waals surface area (Å²) in [7, 11) is 0. The molecule has 82 valence electrons. The van der Waals surface area contributed by atoms with Crippen LogP contribution in [0.4, 0.5) is 0 Å². The fraction of sp³-hybridized carbons (Fsp3) is 0.700. The minimum atomic E-state index is -0.465. The quantitative estimate of drug-likeness (QED) is 0.775. The molecule has 0 bridgehead atoms. The van der Waals surface area contributed by atoms with E-state index in [9.17, 15) is 4.79 Å². The van der Waals surface area contributed by atoms with Crippen LogP contribution >= 0.6 is 0 Å². The molecule has 2 N–H and O–H groups in total. The Morgan fingerprint density at radius 1 is 1.60 bits per heavy atom. The molecule has 5 nitrogen and oxygen atoms in total. The molecule has 1 aromatic rings. The van der Waals surface area contributed by atoms with Gasteiger partial charge in [-0.1, -0.05) is 12.1 Å². The van der Waals surface area contributed by atoms with E-state index in [1.54, 1.807) is 0 Å². The molecule has 1 aliphatic rings. The Bertz CT molecular complexity index is 367. The van der Waals surface area contributed by atoms with Gasteiger partial charge in [-0.15, -0.1) is 5.10 Å². The number of aryl methyl sites for hydroxylation is 1. The normalized spacial score (nSPS) is 15.5. The first-order valence-corrected chi connectivity index (χ1v) is 5.44. The van der Waals surface area contributed by atoms with Gasteiger partial charge in [0.25, 0.3) is 5.91 Å². The van der Waals surface area contributed by atoms with Crippen molar-refractivity contribution in [3.05, 3.63) is 11.4 Å². The van der Waals surface area contributed by atoms with Crippen molar-refractivity contribution in [2.45, 2.75) is 39.2 Å². The first-order valence-electron chi connectivity index (χ1n) is 5.44. The van der Waals surface area contributed by atoms with Gasteiger partial charge in [0.1, 0.15) is 0 Å². The molecule has 0 radical (unpaired) electrons. The first-order chi connectivity index (χ1) is 7.22. The van der Waals surface area contributed by atoms with E-state index < -0.39 is 5.91 Å². The van der Waals surface area contributed by atoms with Crippen molar-refractivity contribution in [3.8, 4) is 0 Å². The van der Waals surface area contributed by atoms with Crippen molar-refractivity contribution in [1.29, 1.82) is 0 Å². The number of hydrogen-bond donors (Lipinski definition) is 1. The average Bonchev–Trinajstić information content (AvgIpc) is 2.90. The highest BCUT2D eigenvalue weighted by molar-refractivity contribution is 5.91. The summed E-state index contributed by atoms with van der Waals surface area (Å²) in [6.07, 6.45) is 4.37. The van der Waals surface area contributed by atoms with Crippen LogP contribution in [0.2, 0.25) is 0 Å². The second-order valence-corrected chi connectivity index (χ2v) is 4.12. The van der Waals surface area contributed by atoms with Crippen LogP contribution in [0, 0.1) is 5.92 Å². The molecule has 5 heteroatoms. The maximum absolute atomic E-state index is 11.1. The number of nitrogens with two attached hydrogens (primary N) is 1. The zero-order valence-corrected chi connectivity index (χ0v) is 8.94. The van der Waals surface area contributed by atoms with Crippen LogP contribution in [0.15, 0.2) is 0 Å². The fourth-order valence-corrected chi connectivity index (χ4v) is 1.71. The zero-order valence-electron chi connectivity index (χ0n) is 8.94. The van der Waals surface area contributed by atoms with E-state index in [0.717, 1.165) is 25.1 Å². The molecule has 1 saturated carbocycles. The Balaban J connectivity index is 2.25. The Morgan fingerprint density at radius 3 is 2.87 bits per heavy atom. The summed E-state index contributed by atoms with van der Waals surface area (Å²) < 4.78 is 1.82. The average molecular weight is 208 g/mol. The maximum atomic E-state index is 11.1. The van der Waals surface area contributed by atoms with E-state index >= 15 is 0 Å². The maximum Gasteiger partial charge on any atom is 0.271 e. The van der Waals surface area contributed by atoms with E-state index in [-0.39, 0.29) is 0 Å². The van der Waals surface area contributed by atoms with Gasteiger partial charge in [-0.25, -0.2) is 4.68 Å². The Labute approximate surface area is 88.6 Å². The van der Waals surface area contributed by atoms with Crippen LogP contribution in [-0.2, 0) is 13.0 Å². The lowest BCUT2D eigenvalue weighted by Gasteiger charge is -2.04. The predicted molar refractivity (Wildman–Crippen MR) is 55.3 cm³/mol. The monoisotopic (exact) mass is 208 g/mol. The molecule has 0 spiro atoms. The lowest BCUT2D eigenvalue weighted by molar-refractivity contribution is 0.0994. The van der Waals surface area contributed by atoms with Crippen molar-refractivity contribution < 1.29 is 4.79 Å². The molecule has 1 aliphatic carbocycles. The van der Waals surface area contributed by atoms with Gasteiger partial charge in [0, 0.05) is 6.54 Å². The molecule has 1 amide bonds. The van der Waals surface area contributed by atoms with Crippen molar-refractivity contribution in [2.75, 3.05) is 0 Å². The van der Waals surface area contributed by atoms with Gasteiger partial charge in [0.2, 0.25) is 0 Å². The lowest BCUT2D eigenvalue weighted by Crippen LogP contribution is -2.16. The Kier molecular flexibility index (Phi) is 2.70. The summed E-state index contributed by atoms with van der Waals surface area (Å²) in [5, 5.41) is 7.83. The lowest BCUT2D eigenvalue weighted by atomic mass is 10.1. The van der Waals surface area contributed by atoms with Gasteiger partial charge in [-0.3, -0.25) is 4.79 Å². The smallest absolute Gasteiger partial charge is 0.271 e. The van der Waals surface area contributed by atoms with Crippen molar-refractivity contribution >= 4 is 5.91 Å². The van der Waals surface area contributed by atoms with Gasteiger partial charge in [-0.2, -0.15) is 0 Å². The molecule has 0 atom stereocenters. The number of carbonyl (C=O) groups is 1. The van der Waals surface area contributed by atoms with E-state index in [1.165, 1.54) is 12.8 Å². The minimum Gasteiger partial charge on any atom is -0.364 e. The predicted octanol–water partition coefficient (Wildman–Crippen LogP) is 0.739. The number of nitrogens with zero attached hydrogens (tertiary/aromatic N) is 3. The van der Waals surface area contributed by atoms with Crippen LogP contribution in [0.25, 0.3) is 0 Å². The summed E-state index contributed by atoms with van der Waals surface area (Å²) in [5.41, 5.74) is 6.55. The summed E-state index contributed by atoms with van der Waals surface area (Å²) in [4.78, 5) is 11.1. The highest BCUT2D eigenvalue weighted by atomic mass is 16.1. The molecule has 1 heterocycles. The van der Waals surface area contributed by atoms with Crippen LogP contribution in [0.1, 0.15) is 42.4 Å². The standard InChI is InChI=1S/C10H16N4O/c1-2-5-14-8(6-7-3-4-7)9(10(11)15)12-13-14/h7H,2-6H2,1H3,(H2,11,15). The van der Waals surface area contributed by atoms with Crippen molar-refractivity contribution in [3.63, 3.8) is 0 Å². The number of amides is 1. The molecule has 1 fully saturated rings. The summed E-state index contributed by atoms with van der Waals surface area (Å²) in [6.45, 7) is 2.88. The Morgan fingerprint density at radius 2 is 2.33 bits per heavy atom. The first kappa shape index (κ1) is 10.1. The van der Waals surface area contributed by atoms with Crippen LogP contribution in [-0.4, -0.2) is 20.9 Å². The summed E-state index contributed by atoms with van der Waals surface area (Å²) in [5.74, 6) is 0.241. The third-order valence-electron chi connectivity index (χ3n) is 2.69. The topological polar surface area (TPSA) is 73.8 Å². The summed E-state index contributed by atoms with van der Waals surface area (Å²) in [6, 6.07) is 0. The third-order valence-corrected chi connectivity index (χ3v) is 2.69. The third kappa shape index (κ3) is 2.16. The Hall–Kier alpha value is -1.39. The number of rotatable bonds is 5. The molecular weight excluding hydrogens is 192 g/mol. The SMILES string of the molecule is CCCn1nnc(C(N)=O)c1CC1CC1. The minimum absolute atomic E-state index is 0.357. The second-order valence-electron chi connectivity index (χ2n) is 4.12. The van der Waals surface area contributed by atoms with Gasteiger partial charge >= 0.3 is 0 Å². The largest absolute Gasteiger partial charge is 0.364 e. The molecule has 15 heavy (non-hydrogen) atoms. The highest BCUT2D eigenvalue weighted by Gasteiger charge is 2.27. The molecule has 0 saturated heterocycles. The number of aromatic nitrogens is 3. The number of carbonyl (C=O) groups excluding carboxylic acids is 1. The molecule has 0 aliphatic heterocycles. The van der Waals surface area contributed by atoms with Crippen molar-refractivity contribution in [1.82, 2.24) is 15.0 Å². The van der Waals surface area contributed by atoms with Gasteiger partial charge in [0.05, 0.1) is 5.69 Å².